The molecule has 0 saturated carbocycles. The van der Waals surface area contributed by atoms with Gasteiger partial charge in [-0.25, -0.2) is 12.8 Å². The van der Waals surface area contributed by atoms with Crippen LogP contribution in [0.25, 0.3) is 0 Å². The van der Waals surface area contributed by atoms with Gasteiger partial charge in [0.25, 0.3) is 0 Å². The number of aryl methyl sites for hydroxylation is 1. The van der Waals surface area contributed by atoms with Gasteiger partial charge in [0.05, 0.1) is 11.7 Å². The van der Waals surface area contributed by atoms with Crippen LogP contribution < -0.4 is 4.72 Å². The number of sulfonamides is 1. The number of carbonyl (C=O) groups excluding carboxylic acids is 1. The molecular weight excluding hydrogens is 317 g/mol. The van der Waals surface area contributed by atoms with Crippen LogP contribution in [0.3, 0.4) is 0 Å². The minimum absolute atomic E-state index is 0.354. The van der Waals surface area contributed by atoms with E-state index in [2.05, 4.69) is 4.72 Å². The lowest BCUT2D eigenvalue weighted by molar-refractivity contribution is -0.120. The molecule has 0 radical (unpaired) electrons. The molecule has 1 N–H and O–H groups in total. The van der Waals surface area contributed by atoms with Gasteiger partial charge in [0.1, 0.15) is 5.82 Å². The summed E-state index contributed by atoms with van der Waals surface area (Å²) < 4.78 is 39.3. The van der Waals surface area contributed by atoms with E-state index in [1.54, 1.807) is 0 Å². The van der Waals surface area contributed by atoms with Crippen molar-refractivity contribution in [2.24, 2.45) is 0 Å². The molecule has 1 amide bonds. The second-order valence-electron chi connectivity index (χ2n) is 5.64. The molecule has 0 bridgehead atoms. The average Bonchev–Trinajstić information content (AvgIpc) is 2.93. The number of amides is 1. The molecule has 4 nitrogen and oxygen atoms in total. The second-order valence-corrected chi connectivity index (χ2v) is 7.36. The molecule has 1 aliphatic carbocycles. The molecule has 0 aliphatic heterocycles. The third-order valence-corrected chi connectivity index (χ3v) is 5.20. The van der Waals surface area contributed by atoms with Crippen molar-refractivity contribution in [1.82, 2.24) is 4.72 Å². The van der Waals surface area contributed by atoms with Crippen molar-refractivity contribution in [2.75, 3.05) is 0 Å². The Labute approximate surface area is 134 Å². The fraction of sp³-hybridized carbons (Fsp3) is 0.235. The monoisotopic (exact) mass is 333 g/mol. The van der Waals surface area contributed by atoms with Gasteiger partial charge in [-0.05, 0) is 41.7 Å². The molecule has 2 aromatic carbocycles. The lowest BCUT2D eigenvalue weighted by Crippen LogP contribution is -2.34. The highest BCUT2D eigenvalue weighted by atomic mass is 32.2. The molecule has 0 spiro atoms. The standard InChI is InChI=1S/C17H16FNO3S/c18-14-8-5-12(6-9-14)11-23(21,22)19-17(20)16-10-7-13-3-1-2-4-15(13)16/h1-6,8-9,16H,7,10-11H2,(H,19,20)/t16-/m1/s1. The summed E-state index contributed by atoms with van der Waals surface area (Å²) in [6.45, 7) is 0. The van der Waals surface area contributed by atoms with Crippen LogP contribution in [0.5, 0.6) is 0 Å². The second kappa shape index (κ2) is 6.12. The zero-order valence-electron chi connectivity index (χ0n) is 12.3. The Morgan fingerprint density at radius 2 is 1.83 bits per heavy atom. The minimum atomic E-state index is -3.81. The molecule has 0 saturated heterocycles. The Hall–Kier alpha value is -2.21. The van der Waals surface area contributed by atoms with Gasteiger partial charge in [0.2, 0.25) is 15.9 Å². The number of nitrogens with one attached hydrogen (secondary N) is 1. The zero-order valence-corrected chi connectivity index (χ0v) is 13.1. The molecule has 2 aromatic rings. The van der Waals surface area contributed by atoms with E-state index in [1.807, 2.05) is 24.3 Å². The van der Waals surface area contributed by atoms with E-state index in [4.69, 9.17) is 0 Å². The molecule has 23 heavy (non-hydrogen) atoms. The predicted molar refractivity (Wildman–Crippen MR) is 84.7 cm³/mol. The number of hydrogen-bond donors (Lipinski definition) is 1. The summed E-state index contributed by atoms with van der Waals surface area (Å²) in [5, 5.41) is 0. The molecular formula is C17H16FNO3S. The summed E-state index contributed by atoms with van der Waals surface area (Å²) in [6.07, 6.45) is 1.38. The molecule has 0 unspecified atom stereocenters. The first-order valence-corrected chi connectivity index (χ1v) is 8.96. The van der Waals surface area contributed by atoms with Crippen molar-refractivity contribution in [3.05, 3.63) is 71.0 Å². The first-order chi connectivity index (χ1) is 10.9. The van der Waals surface area contributed by atoms with Crippen LogP contribution in [-0.4, -0.2) is 14.3 Å². The molecule has 3 rings (SSSR count). The fourth-order valence-corrected chi connectivity index (χ4v) is 4.04. The molecule has 1 atom stereocenters. The smallest absolute Gasteiger partial charge is 0.240 e. The summed E-state index contributed by atoms with van der Waals surface area (Å²) in [6, 6.07) is 12.7. The molecule has 1 aliphatic rings. The van der Waals surface area contributed by atoms with Crippen LogP contribution in [0.1, 0.15) is 29.0 Å². The Morgan fingerprint density at radius 1 is 1.13 bits per heavy atom. The van der Waals surface area contributed by atoms with E-state index in [9.17, 15) is 17.6 Å². The topological polar surface area (TPSA) is 63.2 Å². The van der Waals surface area contributed by atoms with Crippen LogP contribution in [0.4, 0.5) is 4.39 Å². The lowest BCUT2D eigenvalue weighted by Gasteiger charge is -2.12. The number of benzene rings is 2. The summed E-state index contributed by atoms with van der Waals surface area (Å²) in [4.78, 5) is 12.3. The molecule has 0 aromatic heterocycles. The van der Waals surface area contributed by atoms with Crippen LogP contribution in [-0.2, 0) is 27.0 Å². The minimum Gasteiger partial charge on any atom is -0.273 e. The maximum atomic E-state index is 12.9. The summed E-state index contributed by atoms with van der Waals surface area (Å²) in [7, 11) is -3.81. The van der Waals surface area contributed by atoms with Gasteiger partial charge in [-0.2, -0.15) is 0 Å². The van der Waals surface area contributed by atoms with Crippen molar-refractivity contribution < 1.29 is 17.6 Å². The average molecular weight is 333 g/mol. The van der Waals surface area contributed by atoms with Crippen molar-refractivity contribution in [3.63, 3.8) is 0 Å². The lowest BCUT2D eigenvalue weighted by atomic mass is 10.0. The molecule has 0 heterocycles. The Morgan fingerprint density at radius 3 is 2.57 bits per heavy atom. The summed E-state index contributed by atoms with van der Waals surface area (Å²) in [5.41, 5.74) is 2.41. The van der Waals surface area contributed by atoms with Crippen molar-refractivity contribution >= 4 is 15.9 Å². The molecule has 120 valence electrons. The van der Waals surface area contributed by atoms with E-state index < -0.39 is 27.7 Å². The van der Waals surface area contributed by atoms with Crippen molar-refractivity contribution in [3.8, 4) is 0 Å². The van der Waals surface area contributed by atoms with Crippen molar-refractivity contribution in [2.45, 2.75) is 24.5 Å². The van der Waals surface area contributed by atoms with E-state index >= 15 is 0 Å². The first-order valence-electron chi connectivity index (χ1n) is 7.31. The third-order valence-electron chi connectivity index (χ3n) is 3.98. The van der Waals surface area contributed by atoms with E-state index in [1.165, 1.54) is 24.3 Å². The van der Waals surface area contributed by atoms with Gasteiger partial charge in [-0.3, -0.25) is 9.52 Å². The van der Waals surface area contributed by atoms with Crippen LogP contribution in [0.2, 0.25) is 0 Å². The maximum Gasteiger partial charge on any atom is 0.240 e. The first kappa shape index (κ1) is 15.7. The Balaban J connectivity index is 1.71. The van der Waals surface area contributed by atoms with Crippen LogP contribution in [0.15, 0.2) is 48.5 Å². The molecule has 0 fully saturated rings. The third kappa shape index (κ3) is 3.59. The summed E-state index contributed by atoms with van der Waals surface area (Å²) >= 11 is 0. The van der Waals surface area contributed by atoms with E-state index in [0.29, 0.717) is 12.0 Å². The van der Waals surface area contributed by atoms with E-state index in [0.717, 1.165) is 17.5 Å². The zero-order chi connectivity index (χ0) is 16.4. The number of fused-ring (bicyclic) bond motifs is 1. The van der Waals surface area contributed by atoms with Crippen molar-refractivity contribution in [1.29, 1.82) is 0 Å². The number of carbonyl (C=O) groups is 1. The quantitative estimate of drug-likeness (QED) is 0.935. The van der Waals surface area contributed by atoms with Crippen LogP contribution in [0, 0.1) is 5.82 Å². The maximum absolute atomic E-state index is 12.9. The number of halogens is 1. The molecule has 6 heteroatoms. The van der Waals surface area contributed by atoms with Gasteiger partial charge in [0, 0.05) is 0 Å². The Bertz CT molecular complexity index is 831. The van der Waals surface area contributed by atoms with Crippen LogP contribution >= 0.6 is 0 Å². The highest BCUT2D eigenvalue weighted by molar-refractivity contribution is 7.89. The SMILES string of the molecule is O=C(NS(=O)(=O)Cc1ccc(F)cc1)[C@@H]1CCc2ccccc21. The fourth-order valence-electron chi connectivity index (χ4n) is 2.89. The predicted octanol–water partition coefficient (Wildman–Crippen LogP) is 2.50. The number of hydrogen-bond acceptors (Lipinski definition) is 3. The van der Waals surface area contributed by atoms with Gasteiger partial charge in [0.15, 0.2) is 0 Å². The van der Waals surface area contributed by atoms with Gasteiger partial charge < -0.3 is 0 Å². The normalized spacial score (nSPS) is 16.8. The van der Waals surface area contributed by atoms with Gasteiger partial charge in [-0.15, -0.1) is 0 Å². The highest BCUT2D eigenvalue weighted by Crippen LogP contribution is 2.33. The largest absolute Gasteiger partial charge is 0.273 e. The number of rotatable bonds is 4. The van der Waals surface area contributed by atoms with Gasteiger partial charge >= 0.3 is 0 Å². The Kier molecular flexibility index (Phi) is 4.17. The van der Waals surface area contributed by atoms with E-state index in [-0.39, 0.29) is 5.75 Å². The summed E-state index contributed by atoms with van der Waals surface area (Å²) in [5.74, 6) is -1.73. The highest BCUT2D eigenvalue weighted by Gasteiger charge is 2.30. The van der Waals surface area contributed by atoms with Gasteiger partial charge in [-0.1, -0.05) is 36.4 Å².